The molecule has 0 spiro atoms. The van der Waals surface area contributed by atoms with Crippen LogP contribution in [0.15, 0.2) is 21.6 Å². The van der Waals surface area contributed by atoms with Crippen molar-refractivity contribution in [3.8, 4) is 0 Å². The quantitative estimate of drug-likeness (QED) is 0.800. The van der Waals surface area contributed by atoms with E-state index in [-0.39, 0.29) is 22.8 Å². The van der Waals surface area contributed by atoms with Gasteiger partial charge in [0.05, 0.1) is 0 Å². The zero-order valence-electron chi connectivity index (χ0n) is 11.7. The molecule has 2 unspecified atom stereocenters. The van der Waals surface area contributed by atoms with Crippen LogP contribution in [0.1, 0.15) is 44.2 Å². The Balaban J connectivity index is 2.74. The number of carboxylic acids is 1. The number of hydrogen-bond acceptors (Lipinski definition) is 4. The predicted octanol–water partition coefficient (Wildman–Crippen LogP) is 1.78. The van der Waals surface area contributed by atoms with E-state index in [4.69, 9.17) is 9.52 Å². The second-order valence-corrected chi connectivity index (χ2v) is 6.09. The number of carbonyl (C=O) groups is 2. The number of hydrogen-bond donors (Lipinski definition) is 2. The Labute approximate surface area is 120 Å². The summed E-state index contributed by atoms with van der Waals surface area (Å²) in [4.78, 5) is 22.7. The minimum atomic E-state index is -1.72. The molecule has 1 heterocycles. The maximum atomic E-state index is 12.1. The Morgan fingerprint density at radius 2 is 1.95 bits per heavy atom. The van der Waals surface area contributed by atoms with E-state index in [1.165, 1.54) is 19.1 Å². The van der Waals surface area contributed by atoms with Crippen LogP contribution in [0.3, 0.4) is 0 Å². The first kappa shape index (κ1) is 16.4. The number of aromatic carboxylic acids is 1. The highest BCUT2D eigenvalue weighted by Gasteiger charge is 2.25. The first-order valence-corrected chi connectivity index (χ1v) is 7.66. The van der Waals surface area contributed by atoms with Crippen LogP contribution in [0.25, 0.3) is 0 Å². The average molecular weight is 301 g/mol. The fraction of sp³-hybridized carbons (Fsp3) is 0.538. The summed E-state index contributed by atoms with van der Waals surface area (Å²) in [6.07, 6.45) is 1.59. The predicted molar refractivity (Wildman–Crippen MR) is 74.1 cm³/mol. The number of carboxylic acid groups (broad SMARTS) is 1. The average Bonchev–Trinajstić information content (AvgIpc) is 2.92. The molecule has 0 fully saturated rings. The van der Waals surface area contributed by atoms with Gasteiger partial charge in [0.1, 0.15) is 16.0 Å². The zero-order valence-corrected chi connectivity index (χ0v) is 12.5. The molecule has 2 atom stereocenters. The van der Waals surface area contributed by atoms with Crippen LogP contribution >= 0.6 is 0 Å². The van der Waals surface area contributed by atoms with Gasteiger partial charge in [-0.1, -0.05) is 13.8 Å². The molecule has 0 radical (unpaired) electrons. The van der Waals surface area contributed by atoms with E-state index < -0.39 is 22.0 Å². The molecular formula is C13H19NO5S. The van der Waals surface area contributed by atoms with Crippen LogP contribution in [-0.2, 0) is 15.6 Å². The third kappa shape index (κ3) is 3.93. The van der Waals surface area contributed by atoms with Gasteiger partial charge in [-0.15, -0.1) is 0 Å². The van der Waals surface area contributed by atoms with E-state index in [9.17, 15) is 13.8 Å². The molecule has 0 saturated carbocycles. The van der Waals surface area contributed by atoms with Crippen LogP contribution in [0.2, 0.25) is 0 Å². The van der Waals surface area contributed by atoms with Crippen molar-refractivity contribution in [2.75, 3.05) is 0 Å². The Bertz CT molecular complexity index is 507. The molecule has 0 aliphatic heterocycles. The van der Waals surface area contributed by atoms with E-state index >= 15 is 0 Å². The summed E-state index contributed by atoms with van der Waals surface area (Å²) < 4.78 is 17.1. The number of carbonyl (C=O) groups excluding carboxylic acids is 1. The zero-order chi connectivity index (χ0) is 15.3. The molecule has 2 N–H and O–H groups in total. The number of amides is 1. The number of nitrogens with one attached hydrogen (secondary N) is 1. The first-order chi connectivity index (χ1) is 9.40. The van der Waals surface area contributed by atoms with Gasteiger partial charge < -0.3 is 14.8 Å². The fourth-order valence-electron chi connectivity index (χ4n) is 1.63. The topological polar surface area (TPSA) is 96.6 Å². The second kappa shape index (κ2) is 7.23. The van der Waals surface area contributed by atoms with Gasteiger partial charge >= 0.3 is 5.97 Å². The molecule has 0 aromatic carbocycles. The van der Waals surface area contributed by atoms with Crippen molar-refractivity contribution < 1.29 is 23.3 Å². The molecule has 1 aromatic rings. The van der Waals surface area contributed by atoms with Gasteiger partial charge in [0.2, 0.25) is 11.7 Å². The molecule has 6 nitrogen and oxygen atoms in total. The molecule has 0 aliphatic carbocycles. The molecule has 0 bridgehead atoms. The monoisotopic (exact) mass is 301 g/mol. The largest absolute Gasteiger partial charge is 0.475 e. The standard InChI is InChI=1S/C13H19NO5S/c1-4-9(5-2)14-12(15)8(3)20(18)11-7-6-10(19-11)13(16)17/h6-9H,4-5H2,1-3H3,(H,14,15)(H,16,17). The number of furan rings is 1. The Hall–Kier alpha value is -1.63. The molecule has 20 heavy (non-hydrogen) atoms. The van der Waals surface area contributed by atoms with Crippen molar-refractivity contribution >= 4 is 22.7 Å². The van der Waals surface area contributed by atoms with Gasteiger partial charge in [-0.05, 0) is 31.9 Å². The van der Waals surface area contributed by atoms with Gasteiger partial charge in [0, 0.05) is 6.04 Å². The molecule has 0 aliphatic rings. The van der Waals surface area contributed by atoms with Gasteiger partial charge in [-0.2, -0.15) is 0 Å². The Kier molecular flexibility index (Phi) is 5.94. The third-order valence-electron chi connectivity index (χ3n) is 3.01. The third-order valence-corrected chi connectivity index (χ3v) is 4.49. The normalized spacial score (nSPS) is 14.0. The maximum absolute atomic E-state index is 12.1. The summed E-state index contributed by atoms with van der Waals surface area (Å²) >= 11 is 0. The maximum Gasteiger partial charge on any atom is 0.371 e. The summed E-state index contributed by atoms with van der Waals surface area (Å²) in [6, 6.07) is 2.59. The highest BCUT2D eigenvalue weighted by Crippen LogP contribution is 2.16. The smallest absolute Gasteiger partial charge is 0.371 e. The molecule has 112 valence electrons. The van der Waals surface area contributed by atoms with Crippen molar-refractivity contribution in [1.82, 2.24) is 5.32 Å². The van der Waals surface area contributed by atoms with E-state index in [1.54, 1.807) is 0 Å². The fourth-order valence-corrected chi connectivity index (χ4v) is 2.61. The summed E-state index contributed by atoms with van der Waals surface area (Å²) in [5.74, 6) is -1.85. The minimum absolute atomic E-state index is 0.00500. The van der Waals surface area contributed by atoms with Gasteiger partial charge in [0.25, 0.3) is 0 Å². The van der Waals surface area contributed by atoms with Crippen molar-refractivity contribution in [3.63, 3.8) is 0 Å². The van der Waals surface area contributed by atoms with Gasteiger partial charge in [-0.3, -0.25) is 9.00 Å². The first-order valence-electron chi connectivity index (χ1n) is 6.44. The summed E-state index contributed by atoms with van der Waals surface area (Å²) in [7, 11) is -1.72. The van der Waals surface area contributed by atoms with E-state index in [0.29, 0.717) is 0 Å². The second-order valence-electron chi connectivity index (χ2n) is 4.39. The molecule has 7 heteroatoms. The van der Waals surface area contributed by atoms with E-state index in [0.717, 1.165) is 12.8 Å². The van der Waals surface area contributed by atoms with Crippen molar-refractivity contribution in [2.24, 2.45) is 0 Å². The van der Waals surface area contributed by atoms with Gasteiger partial charge in [-0.25, -0.2) is 4.79 Å². The molecule has 1 aromatic heterocycles. The molecule has 1 rings (SSSR count). The van der Waals surface area contributed by atoms with E-state index in [2.05, 4.69) is 5.32 Å². The lowest BCUT2D eigenvalue weighted by molar-refractivity contribution is -0.121. The Morgan fingerprint density at radius 3 is 2.40 bits per heavy atom. The van der Waals surface area contributed by atoms with Crippen LogP contribution in [0.4, 0.5) is 0 Å². The lowest BCUT2D eigenvalue weighted by Crippen LogP contribution is -2.41. The van der Waals surface area contributed by atoms with Crippen LogP contribution < -0.4 is 5.32 Å². The van der Waals surface area contributed by atoms with Crippen LogP contribution in [0.5, 0.6) is 0 Å². The summed E-state index contributed by atoms with van der Waals surface area (Å²) in [5, 5.41) is 10.7. The van der Waals surface area contributed by atoms with Crippen LogP contribution in [0, 0.1) is 0 Å². The summed E-state index contributed by atoms with van der Waals surface area (Å²) in [5.41, 5.74) is 0. The molecule has 1 amide bonds. The van der Waals surface area contributed by atoms with Crippen molar-refractivity contribution in [2.45, 2.75) is 50.0 Å². The van der Waals surface area contributed by atoms with Crippen molar-refractivity contribution in [3.05, 3.63) is 17.9 Å². The summed E-state index contributed by atoms with van der Waals surface area (Å²) in [6.45, 7) is 5.44. The van der Waals surface area contributed by atoms with E-state index in [1.807, 2.05) is 13.8 Å². The van der Waals surface area contributed by atoms with Gasteiger partial charge in [0.15, 0.2) is 5.09 Å². The number of rotatable bonds is 7. The van der Waals surface area contributed by atoms with Crippen molar-refractivity contribution in [1.29, 1.82) is 0 Å². The highest BCUT2D eigenvalue weighted by molar-refractivity contribution is 7.86. The molecular weight excluding hydrogens is 282 g/mol. The minimum Gasteiger partial charge on any atom is -0.475 e. The molecule has 0 saturated heterocycles. The lowest BCUT2D eigenvalue weighted by atomic mass is 10.2. The highest BCUT2D eigenvalue weighted by atomic mass is 32.2. The lowest BCUT2D eigenvalue weighted by Gasteiger charge is -2.17. The van der Waals surface area contributed by atoms with Crippen LogP contribution in [-0.4, -0.2) is 32.5 Å². The Morgan fingerprint density at radius 1 is 1.35 bits per heavy atom. The SMILES string of the molecule is CCC(CC)NC(=O)C(C)S(=O)c1ccc(C(=O)O)o1.